The molecule has 0 fully saturated rings. The molecule has 0 aromatic rings. The van der Waals surface area contributed by atoms with Crippen LogP contribution in [0.15, 0.2) is 170 Å². The molecule has 466 valence electrons. The molecular formula is C77H122O6. The molecule has 0 aliphatic carbocycles. The fraction of sp³-hybridized carbons (Fsp3) is 0.597. The van der Waals surface area contributed by atoms with Crippen molar-refractivity contribution < 1.29 is 28.6 Å². The molecule has 6 heteroatoms. The van der Waals surface area contributed by atoms with Crippen LogP contribution in [0.2, 0.25) is 0 Å². The van der Waals surface area contributed by atoms with Gasteiger partial charge in [-0.2, -0.15) is 0 Å². The van der Waals surface area contributed by atoms with E-state index in [2.05, 4.69) is 179 Å². The molecule has 0 radical (unpaired) electrons. The number of hydrogen-bond donors (Lipinski definition) is 0. The molecule has 0 N–H and O–H groups in total. The van der Waals surface area contributed by atoms with Gasteiger partial charge in [0.1, 0.15) is 13.2 Å². The fourth-order valence-corrected chi connectivity index (χ4v) is 8.83. The minimum atomic E-state index is -0.839. The van der Waals surface area contributed by atoms with Crippen molar-refractivity contribution in [2.24, 2.45) is 0 Å². The fourth-order valence-electron chi connectivity index (χ4n) is 8.83. The molecule has 0 saturated heterocycles. The standard InChI is InChI=1S/C77H122O6/c1-4-7-10-13-16-19-22-25-28-30-31-32-33-34-35-36-37-38-39-40-41-42-43-44-45-47-49-52-55-58-61-64-67-70-76(79)82-73-74(72-81-75(78)69-66-63-60-57-54-51-48-27-24-21-18-15-12-9-6-3)83-77(80)71-68-65-62-59-56-53-50-46-29-26-23-20-17-14-11-8-5-2/h7-12,16-21,25-29,31-32,34-35,48,50,53-54,57,63,66,74H,4-6,13-15,22-24,30,33,36-47,49,51-52,55-56,58-62,64-65,67-73H2,1-3H3/b10-7-,11-8-,12-9-,19-16-,20-17-,21-18-,28-25-,29-26-,32-31-,35-34-,48-27-,53-50-,57-54-,66-63-. The first-order valence-electron chi connectivity index (χ1n) is 33.6. The van der Waals surface area contributed by atoms with Gasteiger partial charge in [0.05, 0.1) is 6.42 Å². The first-order valence-corrected chi connectivity index (χ1v) is 33.6. The highest BCUT2D eigenvalue weighted by molar-refractivity contribution is 5.72. The molecule has 0 spiro atoms. The molecule has 0 aromatic heterocycles. The molecule has 1 unspecified atom stereocenters. The quantitative estimate of drug-likeness (QED) is 0.0261. The van der Waals surface area contributed by atoms with Crippen molar-refractivity contribution in [3.05, 3.63) is 170 Å². The van der Waals surface area contributed by atoms with Crippen LogP contribution in [-0.2, 0) is 28.6 Å². The van der Waals surface area contributed by atoms with Gasteiger partial charge in [-0.1, -0.05) is 300 Å². The van der Waals surface area contributed by atoms with Gasteiger partial charge in [0.25, 0.3) is 0 Å². The van der Waals surface area contributed by atoms with Gasteiger partial charge in [-0.15, -0.1) is 0 Å². The Kier molecular flexibility index (Phi) is 64.9. The number of carbonyl (C=O) groups is 3. The van der Waals surface area contributed by atoms with E-state index in [1.807, 2.05) is 6.08 Å². The van der Waals surface area contributed by atoms with Gasteiger partial charge in [-0.3, -0.25) is 14.4 Å². The van der Waals surface area contributed by atoms with E-state index in [0.29, 0.717) is 6.42 Å². The molecule has 0 aliphatic heterocycles. The van der Waals surface area contributed by atoms with E-state index in [-0.39, 0.29) is 38.0 Å². The Balaban J connectivity index is 4.31. The van der Waals surface area contributed by atoms with Crippen molar-refractivity contribution in [3.63, 3.8) is 0 Å². The Hall–Kier alpha value is -5.23. The lowest BCUT2D eigenvalue weighted by atomic mass is 10.0. The highest BCUT2D eigenvalue weighted by atomic mass is 16.6. The molecule has 0 aliphatic rings. The largest absolute Gasteiger partial charge is 0.462 e. The number of allylic oxidation sites excluding steroid dienone is 27. The van der Waals surface area contributed by atoms with Crippen molar-refractivity contribution in [2.45, 2.75) is 284 Å². The second-order valence-corrected chi connectivity index (χ2v) is 21.6. The lowest BCUT2D eigenvalue weighted by Gasteiger charge is -2.18. The average molecular weight is 1140 g/mol. The molecule has 0 bridgehead atoms. The number of carbonyl (C=O) groups excluding carboxylic acids is 3. The predicted octanol–water partition coefficient (Wildman–Crippen LogP) is 23.4. The van der Waals surface area contributed by atoms with Gasteiger partial charge in [0.2, 0.25) is 0 Å². The minimum absolute atomic E-state index is 0.115. The average Bonchev–Trinajstić information content (AvgIpc) is 3.49. The number of rotatable bonds is 59. The topological polar surface area (TPSA) is 78.9 Å². The van der Waals surface area contributed by atoms with Crippen molar-refractivity contribution in [1.29, 1.82) is 0 Å². The highest BCUT2D eigenvalue weighted by Crippen LogP contribution is 2.16. The second-order valence-electron chi connectivity index (χ2n) is 21.6. The van der Waals surface area contributed by atoms with E-state index in [4.69, 9.17) is 14.2 Å². The summed E-state index contributed by atoms with van der Waals surface area (Å²) in [6.45, 7) is 6.19. The van der Waals surface area contributed by atoms with Crippen LogP contribution in [-0.4, -0.2) is 37.2 Å². The van der Waals surface area contributed by atoms with E-state index in [9.17, 15) is 14.4 Å². The van der Waals surface area contributed by atoms with E-state index in [1.54, 1.807) is 6.08 Å². The normalized spacial score (nSPS) is 13.2. The maximum atomic E-state index is 12.9. The van der Waals surface area contributed by atoms with Crippen LogP contribution in [0.25, 0.3) is 0 Å². The van der Waals surface area contributed by atoms with Crippen molar-refractivity contribution in [3.8, 4) is 0 Å². The molecule has 0 saturated carbocycles. The number of hydrogen-bond acceptors (Lipinski definition) is 6. The third-order valence-corrected chi connectivity index (χ3v) is 13.7. The summed E-state index contributed by atoms with van der Waals surface area (Å²) in [4.78, 5) is 38.3. The third kappa shape index (κ3) is 67.4. The van der Waals surface area contributed by atoms with Crippen molar-refractivity contribution in [2.75, 3.05) is 13.2 Å². The highest BCUT2D eigenvalue weighted by Gasteiger charge is 2.19. The summed E-state index contributed by atoms with van der Waals surface area (Å²) in [6, 6.07) is 0. The van der Waals surface area contributed by atoms with Crippen molar-refractivity contribution >= 4 is 17.9 Å². The molecule has 0 heterocycles. The molecule has 0 aromatic carbocycles. The first-order chi connectivity index (χ1) is 41.0. The Morgan fingerprint density at radius 2 is 0.482 bits per heavy atom. The summed E-state index contributed by atoms with van der Waals surface area (Å²) in [5, 5.41) is 0. The van der Waals surface area contributed by atoms with Crippen LogP contribution in [0.3, 0.4) is 0 Å². The first kappa shape index (κ1) is 77.8. The summed E-state index contributed by atoms with van der Waals surface area (Å²) >= 11 is 0. The molecule has 0 rings (SSSR count). The molecule has 83 heavy (non-hydrogen) atoms. The van der Waals surface area contributed by atoms with Crippen molar-refractivity contribution in [1.82, 2.24) is 0 Å². The maximum Gasteiger partial charge on any atom is 0.309 e. The SMILES string of the molecule is CC/C=C\C/C=C\C/C=C\C/C=C\C/C=C\CCCCCCCCCCCCCCCCCCCC(=O)OCC(COC(=O)C/C=C\C/C=C\C/C=C\C/C=C\C/C=C\CC)OC(=O)CCCCCC/C=C\C/C=C\C/C=C\C/C=C\CC. The second kappa shape index (κ2) is 69.3. The zero-order chi connectivity index (χ0) is 59.9. The number of ether oxygens (including phenoxy) is 3. The summed E-state index contributed by atoms with van der Waals surface area (Å²) in [5.74, 6) is -1.08. The summed E-state index contributed by atoms with van der Waals surface area (Å²) in [5.41, 5.74) is 0. The molecule has 1 atom stereocenters. The summed E-state index contributed by atoms with van der Waals surface area (Å²) < 4.78 is 16.8. The Morgan fingerprint density at radius 1 is 0.253 bits per heavy atom. The van der Waals surface area contributed by atoms with Gasteiger partial charge in [-0.25, -0.2) is 0 Å². The predicted molar refractivity (Wildman–Crippen MR) is 361 cm³/mol. The lowest BCUT2D eigenvalue weighted by Crippen LogP contribution is -2.30. The molecule has 0 amide bonds. The zero-order valence-electron chi connectivity index (χ0n) is 53.4. The van der Waals surface area contributed by atoms with Gasteiger partial charge >= 0.3 is 17.9 Å². The lowest BCUT2D eigenvalue weighted by molar-refractivity contribution is -0.166. The van der Waals surface area contributed by atoms with Gasteiger partial charge in [0, 0.05) is 12.8 Å². The van der Waals surface area contributed by atoms with E-state index < -0.39 is 12.1 Å². The zero-order valence-corrected chi connectivity index (χ0v) is 53.4. The van der Waals surface area contributed by atoms with Gasteiger partial charge in [0.15, 0.2) is 6.10 Å². The van der Waals surface area contributed by atoms with Crippen LogP contribution in [0.4, 0.5) is 0 Å². The monoisotopic (exact) mass is 1140 g/mol. The molecular weight excluding hydrogens is 1020 g/mol. The Labute approximate surface area is 511 Å². The number of esters is 3. The third-order valence-electron chi connectivity index (χ3n) is 13.7. The van der Waals surface area contributed by atoms with Gasteiger partial charge in [-0.05, 0) is 128 Å². The van der Waals surface area contributed by atoms with Crippen LogP contribution >= 0.6 is 0 Å². The number of unbranched alkanes of at least 4 members (excludes halogenated alkanes) is 21. The van der Waals surface area contributed by atoms with E-state index >= 15 is 0 Å². The van der Waals surface area contributed by atoms with Crippen LogP contribution in [0, 0.1) is 0 Å². The molecule has 6 nitrogen and oxygen atoms in total. The minimum Gasteiger partial charge on any atom is -0.462 e. The van der Waals surface area contributed by atoms with Gasteiger partial charge < -0.3 is 14.2 Å². The van der Waals surface area contributed by atoms with Crippen LogP contribution in [0.1, 0.15) is 278 Å². The summed E-state index contributed by atoms with van der Waals surface area (Å²) in [6.07, 6.45) is 103. The Bertz CT molecular complexity index is 1890. The smallest absolute Gasteiger partial charge is 0.309 e. The van der Waals surface area contributed by atoms with E-state index in [1.165, 1.54) is 96.3 Å². The summed E-state index contributed by atoms with van der Waals surface area (Å²) in [7, 11) is 0. The Morgan fingerprint density at radius 3 is 0.783 bits per heavy atom. The maximum absolute atomic E-state index is 12.9. The van der Waals surface area contributed by atoms with E-state index in [0.717, 1.165) is 141 Å². The van der Waals surface area contributed by atoms with Crippen LogP contribution < -0.4 is 0 Å². The van der Waals surface area contributed by atoms with Crippen LogP contribution in [0.5, 0.6) is 0 Å².